The van der Waals surface area contributed by atoms with Crippen molar-refractivity contribution >= 4 is 5.91 Å². The third-order valence-corrected chi connectivity index (χ3v) is 3.14. The first-order valence-corrected chi connectivity index (χ1v) is 5.58. The van der Waals surface area contributed by atoms with Crippen molar-refractivity contribution in [2.24, 2.45) is 11.7 Å². The summed E-state index contributed by atoms with van der Waals surface area (Å²) in [4.78, 5) is 11.3. The average Bonchev–Trinajstić information content (AvgIpc) is 2.33. The Morgan fingerprint density at radius 2 is 2.18 bits per heavy atom. The van der Waals surface area contributed by atoms with Crippen LogP contribution in [0.15, 0.2) is 18.2 Å². The van der Waals surface area contributed by atoms with E-state index >= 15 is 0 Å². The van der Waals surface area contributed by atoms with Gasteiger partial charge in [-0.05, 0) is 25.5 Å². The van der Waals surface area contributed by atoms with Crippen LogP contribution in [0.3, 0.4) is 0 Å². The van der Waals surface area contributed by atoms with E-state index in [-0.39, 0.29) is 5.56 Å². The normalized spacial score (nSPS) is 24.6. The fourth-order valence-electron chi connectivity index (χ4n) is 2.28. The van der Waals surface area contributed by atoms with Gasteiger partial charge in [-0.25, -0.2) is 8.78 Å². The predicted octanol–water partition coefficient (Wildman–Crippen LogP) is 1.49. The molecular weight excluding hydrogens is 226 g/mol. The van der Waals surface area contributed by atoms with Crippen LogP contribution in [0.4, 0.5) is 8.78 Å². The minimum Gasteiger partial charge on any atom is -0.369 e. The Labute approximate surface area is 98.0 Å². The molecule has 17 heavy (non-hydrogen) atoms. The lowest BCUT2D eigenvalue weighted by Crippen LogP contribution is -2.41. The highest BCUT2D eigenvalue weighted by Gasteiger charge is 2.32. The molecule has 0 aliphatic carbocycles. The van der Waals surface area contributed by atoms with Crippen LogP contribution >= 0.6 is 0 Å². The van der Waals surface area contributed by atoms with Crippen molar-refractivity contribution in [3.63, 3.8) is 0 Å². The molecule has 0 saturated carbocycles. The predicted molar refractivity (Wildman–Crippen MR) is 59.0 cm³/mol. The Hall–Kier alpha value is -1.49. The average molecular weight is 240 g/mol. The number of nitrogens with one attached hydrogen (secondary N) is 1. The molecule has 1 amide bonds. The molecule has 1 heterocycles. The van der Waals surface area contributed by atoms with Gasteiger partial charge in [0.05, 0.1) is 5.92 Å². The molecule has 1 aliphatic rings. The van der Waals surface area contributed by atoms with E-state index in [1.54, 1.807) is 0 Å². The highest BCUT2D eigenvalue weighted by molar-refractivity contribution is 5.77. The number of carbonyl (C=O) groups is 1. The maximum atomic E-state index is 13.7. The van der Waals surface area contributed by atoms with Crippen LogP contribution in [0.2, 0.25) is 0 Å². The zero-order chi connectivity index (χ0) is 12.4. The molecule has 3 N–H and O–H groups in total. The van der Waals surface area contributed by atoms with E-state index in [2.05, 4.69) is 5.32 Å². The summed E-state index contributed by atoms with van der Waals surface area (Å²) in [5.41, 5.74) is 5.46. The minimum absolute atomic E-state index is 0.175. The van der Waals surface area contributed by atoms with E-state index in [9.17, 15) is 13.6 Å². The monoisotopic (exact) mass is 240 g/mol. The number of hydrogen-bond acceptors (Lipinski definition) is 2. The molecule has 1 aromatic carbocycles. The first-order chi connectivity index (χ1) is 8.11. The van der Waals surface area contributed by atoms with Gasteiger partial charge in [-0.3, -0.25) is 4.79 Å². The second-order valence-electron chi connectivity index (χ2n) is 4.23. The van der Waals surface area contributed by atoms with Crippen LogP contribution < -0.4 is 11.1 Å². The van der Waals surface area contributed by atoms with E-state index in [1.165, 1.54) is 12.1 Å². The Balaban J connectivity index is 2.36. The molecule has 1 saturated heterocycles. The van der Waals surface area contributed by atoms with E-state index in [4.69, 9.17) is 5.73 Å². The molecule has 5 heteroatoms. The van der Waals surface area contributed by atoms with E-state index in [0.29, 0.717) is 13.0 Å². The van der Waals surface area contributed by atoms with Crippen LogP contribution in [-0.4, -0.2) is 12.5 Å². The number of nitrogens with two attached hydrogens (primary N) is 1. The fourth-order valence-corrected chi connectivity index (χ4v) is 2.28. The zero-order valence-electron chi connectivity index (χ0n) is 9.25. The van der Waals surface area contributed by atoms with Gasteiger partial charge in [0.15, 0.2) is 11.6 Å². The van der Waals surface area contributed by atoms with Gasteiger partial charge in [-0.1, -0.05) is 12.1 Å². The van der Waals surface area contributed by atoms with Crippen LogP contribution in [0, 0.1) is 17.6 Å². The molecule has 2 rings (SSSR count). The number of carbonyl (C=O) groups excluding carboxylic acids is 1. The Morgan fingerprint density at radius 1 is 1.41 bits per heavy atom. The lowest BCUT2D eigenvalue weighted by Gasteiger charge is -2.31. The summed E-state index contributed by atoms with van der Waals surface area (Å²) >= 11 is 0. The SMILES string of the molecule is NC(=O)C1CCCNC1c1cccc(F)c1F. The number of amides is 1. The van der Waals surface area contributed by atoms with Gasteiger partial charge in [0.25, 0.3) is 0 Å². The Morgan fingerprint density at radius 3 is 2.88 bits per heavy atom. The molecule has 1 fully saturated rings. The molecule has 92 valence electrons. The maximum absolute atomic E-state index is 13.7. The summed E-state index contributed by atoms with van der Waals surface area (Å²) < 4.78 is 26.8. The first-order valence-electron chi connectivity index (χ1n) is 5.58. The van der Waals surface area contributed by atoms with Gasteiger partial charge >= 0.3 is 0 Å². The zero-order valence-corrected chi connectivity index (χ0v) is 9.25. The smallest absolute Gasteiger partial charge is 0.222 e. The molecule has 0 bridgehead atoms. The highest BCUT2D eigenvalue weighted by Crippen LogP contribution is 2.31. The van der Waals surface area contributed by atoms with Crippen LogP contribution in [0.25, 0.3) is 0 Å². The molecule has 1 aromatic rings. The number of piperidine rings is 1. The summed E-state index contributed by atoms with van der Waals surface area (Å²) in [7, 11) is 0. The van der Waals surface area contributed by atoms with E-state index in [1.807, 2.05) is 0 Å². The standard InChI is InChI=1S/C12H14F2N2O/c13-9-5-1-3-7(10(9)14)11-8(12(15)17)4-2-6-16-11/h1,3,5,8,11,16H,2,4,6H2,(H2,15,17). The van der Waals surface area contributed by atoms with E-state index < -0.39 is 29.5 Å². The topological polar surface area (TPSA) is 55.1 Å². The molecular formula is C12H14F2N2O. The Kier molecular flexibility index (Phi) is 3.38. The summed E-state index contributed by atoms with van der Waals surface area (Å²) in [5.74, 6) is -2.78. The fraction of sp³-hybridized carbons (Fsp3) is 0.417. The second-order valence-corrected chi connectivity index (χ2v) is 4.23. The third-order valence-electron chi connectivity index (χ3n) is 3.14. The molecule has 2 atom stereocenters. The summed E-state index contributed by atoms with van der Waals surface area (Å²) in [6, 6.07) is 3.44. The Bertz CT molecular complexity index is 437. The van der Waals surface area contributed by atoms with Gasteiger partial charge in [0.2, 0.25) is 5.91 Å². The lowest BCUT2D eigenvalue weighted by molar-refractivity contribution is -0.123. The second kappa shape index (κ2) is 4.79. The van der Waals surface area contributed by atoms with Gasteiger partial charge in [0, 0.05) is 11.6 Å². The maximum Gasteiger partial charge on any atom is 0.222 e. The van der Waals surface area contributed by atoms with Crippen LogP contribution in [0.5, 0.6) is 0 Å². The molecule has 0 aromatic heterocycles. The van der Waals surface area contributed by atoms with Crippen molar-refractivity contribution in [3.05, 3.63) is 35.4 Å². The van der Waals surface area contributed by atoms with Crippen molar-refractivity contribution in [1.82, 2.24) is 5.32 Å². The van der Waals surface area contributed by atoms with Gasteiger partial charge in [0.1, 0.15) is 0 Å². The lowest BCUT2D eigenvalue weighted by atomic mass is 9.85. The summed E-state index contributed by atoms with van der Waals surface area (Å²) in [6.07, 6.45) is 1.41. The summed E-state index contributed by atoms with van der Waals surface area (Å²) in [6.45, 7) is 0.671. The molecule has 0 radical (unpaired) electrons. The minimum atomic E-state index is -0.905. The number of hydrogen-bond donors (Lipinski definition) is 2. The first kappa shape index (κ1) is 12.0. The molecule has 2 unspecified atom stereocenters. The van der Waals surface area contributed by atoms with Crippen molar-refractivity contribution in [3.8, 4) is 0 Å². The van der Waals surface area contributed by atoms with Gasteiger partial charge in [-0.15, -0.1) is 0 Å². The molecule has 0 spiro atoms. The third kappa shape index (κ3) is 2.29. The van der Waals surface area contributed by atoms with Crippen molar-refractivity contribution in [1.29, 1.82) is 0 Å². The number of benzene rings is 1. The van der Waals surface area contributed by atoms with Crippen LogP contribution in [-0.2, 0) is 4.79 Å². The van der Waals surface area contributed by atoms with Crippen LogP contribution in [0.1, 0.15) is 24.4 Å². The van der Waals surface area contributed by atoms with Crippen molar-refractivity contribution in [2.45, 2.75) is 18.9 Å². The quantitative estimate of drug-likeness (QED) is 0.823. The number of rotatable bonds is 2. The molecule has 3 nitrogen and oxygen atoms in total. The van der Waals surface area contributed by atoms with Gasteiger partial charge in [-0.2, -0.15) is 0 Å². The highest BCUT2D eigenvalue weighted by atomic mass is 19.2. The largest absolute Gasteiger partial charge is 0.369 e. The van der Waals surface area contributed by atoms with Crippen molar-refractivity contribution in [2.75, 3.05) is 6.54 Å². The summed E-state index contributed by atoms with van der Waals surface area (Å²) in [5, 5.41) is 3.03. The van der Waals surface area contributed by atoms with Gasteiger partial charge < -0.3 is 11.1 Å². The number of halogens is 2. The van der Waals surface area contributed by atoms with Crippen molar-refractivity contribution < 1.29 is 13.6 Å². The number of primary amides is 1. The van der Waals surface area contributed by atoms with E-state index in [0.717, 1.165) is 12.5 Å². The molecule has 1 aliphatic heterocycles.